The minimum absolute atomic E-state index is 0.0482. The molecule has 0 bridgehead atoms. The normalized spacial score (nSPS) is 19.4. The maximum Gasteiger partial charge on any atom is 0.0878 e. The molecule has 0 spiro atoms. The zero-order chi connectivity index (χ0) is 8.91. The zero-order valence-electron chi connectivity index (χ0n) is 7.25. The van der Waals surface area contributed by atoms with Crippen LogP contribution < -0.4 is 0 Å². The third-order valence-electron chi connectivity index (χ3n) is 1.99. The Kier molecular flexibility index (Phi) is 4.65. The second kappa shape index (κ2) is 4.70. The van der Waals surface area contributed by atoms with Gasteiger partial charge in [0.15, 0.2) is 0 Å². The Hall–Kier alpha value is -0.120. The molecule has 0 fully saturated rings. The first-order valence-electron chi connectivity index (χ1n) is 4.02. The summed E-state index contributed by atoms with van der Waals surface area (Å²) in [4.78, 5) is 0. The maximum absolute atomic E-state index is 9.57. The lowest BCUT2D eigenvalue weighted by Gasteiger charge is -2.26. The first-order valence-corrected chi connectivity index (χ1v) is 4.02. The summed E-state index contributed by atoms with van der Waals surface area (Å²) in [5.41, 5.74) is -0.998. The van der Waals surface area contributed by atoms with Crippen molar-refractivity contribution in [3.8, 4) is 0 Å². The van der Waals surface area contributed by atoms with Crippen molar-refractivity contribution in [2.45, 2.75) is 32.3 Å². The predicted octanol–water partition coefficient (Wildman–Crippen LogP) is 0.138. The monoisotopic (exact) mass is 162 g/mol. The van der Waals surface area contributed by atoms with Crippen LogP contribution in [0.15, 0.2) is 0 Å². The van der Waals surface area contributed by atoms with E-state index in [1.807, 2.05) is 13.8 Å². The van der Waals surface area contributed by atoms with Crippen molar-refractivity contribution in [1.82, 2.24) is 0 Å². The predicted molar refractivity (Wildman–Crippen MR) is 43.2 cm³/mol. The summed E-state index contributed by atoms with van der Waals surface area (Å²) >= 11 is 0. The molecule has 0 radical (unpaired) electrons. The highest BCUT2D eigenvalue weighted by Crippen LogP contribution is 2.19. The van der Waals surface area contributed by atoms with E-state index in [2.05, 4.69) is 0 Å². The van der Waals surface area contributed by atoms with E-state index >= 15 is 0 Å². The van der Waals surface area contributed by atoms with Gasteiger partial charge in [0.25, 0.3) is 0 Å². The van der Waals surface area contributed by atoms with E-state index in [-0.39, 0.29) is 19.1 Å². The van der Waals surface area contributed by atoms with Gasteiger partial charge in [0, 0.05) is 6.61 Å². The third kappa shape index (κ3) is 3.70. The molecule has 0 heterocycles. The molecular weight excluding hydrogens is 144 g/mol. The summed E-state index contributed by atoms with van der Waals surface area (Å²) in [6.45, 7) is 3.49. The van der Waals surface area contributed by atoms with Crippen LogP contribution in [0.2, 0.25) is 0 Å². The minimum Gasteiger partial charge on any atom is -0.396 e. The lowest BCUT2D eigenvalue weighted by molar-refractivity contribution is -0.0392. The standard InChI is InChI=1S/C8H18O3/c1-3-8(11,6-10)4-7(2)5-9/h7,9-11H,3-6H2,1-2H3/t7-,8-/m1/s1. The van der Waals surface area contributed by atoms with Gasteiger partial charge in [-0.3, -0.25) is 0 Å². The van der Waals surface area contributed by atoms with Gasteiger partial charge in [-0.05, 0) is 18.8 Å². The van der Waals surface area contributed by atoms with Gasteiger partial charge in [-0.1, -0.05) is 13.8 Å². The van der Waals surface area contributed by atoms with Gasteiger partial charge in [0.05, 0.1) is 12.2 Å². The van der Waals surface area contributed by atoms with Crippen molar-refractivity contribution in [3.05, 3.63) is 0 Å². The van der Waals surface area contributed by atoms with Gasteiger partial charge in [-0.2, -0.15) is 0 Å². The summed E-state index contributed by atoms with van der Waals surface area (Å²) in [6.07, 6.45) is 0.977. The summed E-state index contributed by atoms with van der Waals surface area (Å²) in [5.74, 6) is 0.0482. The molecule has 0 unspecified atom stereocenters. The van der Waals surface area contributed by atoms with Crippen LogP contribution in [-0.2, 0) is 0 Å². The summed E-state index contributed by atoms with van der Waals surface area (Å²) in [7, 11) is 0. The molecule has 0 aromatic heterocycles. The SMILES string of the molecule is CC[C@](O)(CO)C[C@@H](C)CO. The van der Waals surface area contributed by atoms with Gasteiger partial charge in [0.2, 0.25) is 0 Å². The van der Waals surface area contributed by atoms with E-state index in [4.69, 9.17) is 10.2 Å². The van der Waals surface area contributed by atoms with Gasteiger partial charge in [-0.15, -0.1) is 0 Å². The van der Waals surface area contributed by atoms with Crippen molar-refractivity contribution < 1.29 is 15.3 Å². The maximum atomic E-state index is 9.57. The molecule has 0 aromatic rings. The largest absolute Gasteiger partial charge is 0.396 e. The van der Waals surface area contributed by atoms with Crippen LogP contribution in [-0.4, -0.2) is 34.1 Å². The fourth-order valence-electron chi connectivity index (χ4n) is 1.03. The average Bonchev–Trinajstić information content (AvgIpc) is 2.04. The smallest absolute Gasteiger partial charge is 0.0878 e. The molecule has 68 valence electrons. The highest BCUT2D eigenvalue weighted by molar-refractivity contribution is 4.77. The topological polar surface area (TPSA) is 60.7 Å². The summed E-state index contributed by atoms with van der Waals surface area (Å²) in [6, 6.07) is 0. The summed E-state index contributed by atoms with van der Waals surface area (Å²) in [5, 5.41) is 27.1. The van der Waals surface area contributed by atoms with Crippen LogP contribution in [0.5, 0.6) is 0 Å². The molecule has 0 aromatic carbocycles. The van der Waals surface area contributed by atoms with Crippen molar-refractivity contribution in [2.24, 2.45) is 5.92 Å². The number of hydrogen-bond acceptors (Lipinski definition) is 3. The van der Waals surface area contributed by atoms with Crippen molar-refractivity contribution in [3.63, 3.8) is 0 Å². The molecule has 11 heavy (non-hydrogen) atoms. The molecule has 3 nitrogen and oxygen atoms in total. The van der Waals surface area contributed by atoms with Crippen LogP contribution in [0.3, 0.4) is 0 Å². The van der Waals surface area contributed by atoms with E-state index in [9.17, 15) is 5.11 Å². The zero-order valence-corrected chi connectivity index (χ0v) is 7.25. The number of rotatable bonds is 5. The molecule has 0 amide bonds. The lowest BCUT2D eigenvalue weighted by Crippen LogP contribution is -2.35. The fraction of sp³-hybridized carbons (Fsp3) is 1.00. The van der Waals surface area contributed by atoms with Crippen LogP contribution in [0, 0.1) is 5.92 Å². The van der Waals surface area contributed by atoms with Crippen molar-refractivity contribution in [2.75, 3.05) is 13.2 Å². The van der Waals surface area contributed by atoms with Crippen LogP contribution in [0.4, 0.5) is 0 Å². The molecule has 0 rings (SSSR count). The van der Waals surface area contributed by atoms with Gasteiger partial charge < -0.3 is 15.3 Å². The molecule has 0 saturated heterocycles. The highest BCUT2D eigenvalue weighted by Gasteiger charge is 2.25. The minimum atomic E-state index is -0.998. The van der Waals surface area contributed by atoms with Crippen LogP contribution >= 0.6 is 0 Å². The lowest BCUT2D eigenvalue weighted by atomic mass is 9.90. The van der Waals surface area contributed by atoms with Crippen molar-refractivity contribution >= 4 is 0 Å². The molecule has 0 saturated carbocycles. The molecule has 0 aliphatic heterocycles. The van der Waals surface area contributed by atoms with E-state index in [0.29, 0.717) is 12.8 Å². The first-order chi connectivity index (χ1) is 5.08. The first kappa shape index (κ1) is 10.9. The van der Waals surface area contributed by atoms with Crippen LogP contribution in [0.25, 0.3) is 0 Å². The van der Waals surface area contributed by atoms with E-state index in [1.54, 1.807) is 0 Å². The molecular formula is C8H18O3. The molecule has 0 aliphatic rings. The average molecular weight is 162 g/mol. The number of hydrogen-bond donors (Lipinski definition) is 3. The molecule has 3 N–H and O–H groups in total. The number of aliphatic hydroxyl groups is 3. The molecule has 2 atom stereocenters. The van der Waals surface area contributed by atoms with Crippen molar-refractivity contribution in [1.29, 1.82) is 0 Å². The van der Waals surface area contributed by atoms with Gasteiger partial charge >= 0.3 is 0 Å². The van der Waals surface area contributed by atoms with Gasteiger partial charge in [-0.25, -0.2) is 0 Å². The Morgan fingerprint density at radius 3 is 2.18 bits per heavy atom. The molecule has 0 aliphatic carbocycles. The number of aliphatic hydroxyl groups excluding tert-OH is 2. The Bertz CT molecular complexity index is 99.5. The Labute approximate surface area is 67.7 Å². The summed E-state index contributed by atoms with van der Waals surface area (Å²) < 4.78 is 0. The second-order valence-electron chi connectivity index (χ2n) is 3.23. The Morgan fingerprint density at radius 1 is 1.36 bits per heavy atom. The van der Waals surface area contributed by atoms with Crippen LogP contribution in [0.1, 0.15) is 26.7 Å². The Balaban J connectivity index is 3.86. The highest BCUT2D eigenvalue weighted by atomic mass is 16.3. The quantitative estimate of drug-likeness (QED) is 0.539. The van der Waals surface area contributed by atoms with E-state index < -0.39 is 5.60 Å². The molecule has 3 heteroatoms. The van der Waals surface area contributed by atoms with E-state index in [1.165, 1.54) is 0 Å². The third-order valence-corrected chi connectivity index (χ3v) is 1.99. The second-order valence-corrected chi connectivity index (χ2v) is 3.23. The van der Waals surface area contributed by atoms with Gasteiger partial charge in [0.1, 0.15) is 0 Å². The Morgan fingerprint density at radius 2 is 1.91 bits per heavy atom. The fourth-order valence-corrected chi connectivity index (χ4v) is 1.03. The van der Waals surface area contributed by atoms with E-state index in [0.717, 1.165) is 0 Å².